The number of rotatable bonds is 7. The molecule has 2 aromatic rings. The van der Waals surface area contributed by atoms with Crippen molar-refractivity contribution < 1.29 is 24.9 Å². The third-order valence-electron chi connectivity index (χ3n) is 4.91. The summed E-state index contributed by atoms with van der Waals surface area (Å²) in [5.74, 6) is -0.369. The van der Waals surface area contributed by atoms with E-state index in [1.807, 2.05) is 18.2 Å². The lowest BCUT2D eigenvalue weighted by molar-refractivity contribution is 0.0498. The van der Waals surface area contributed by atoms with Crippen LogP contribution in [-0.2, 0) is 6.61 Å². The van der Waals surface area contributed by atoms with Gasteiger partial charge in [-0.2, -0.15) is 0 Å². The van der Waals surface area contributed by atoms with Gasteiger partial charge in [-0.3, -0.25) is 0 Å². The number of ether oxygens (including phenoxy) is 1. The molecule has 1 aliphatic rings. The van der Waals surface area contributed by atoms with E-state index in [4.69, 9.17) is 9.84 Å². The van der Waals surface area contributed by atoms with Crippen LogP contribution in [0.25, 0.3) is 0 Å². The van der Waals surface area contributed by atoms with E-state index in [-0.39, 0.29) is 18.3 Å². The van der Waals surface area contributed by atoms with Gasteiger partial charge in [0.2, 0.25) is 0 Å². The second-order valence-electron chi connectivity index (χ2n) is 7.02. The summed E-state index contributed by atoms with van der Waals surface area (Å²) in [5, 5.41) is 29.4. The molecule has 3 N–H and O–H groups in total. The minimum Gasteiger partial charge on any atom is -0.489 e. The summed E-state index contributed by atoms with van der Waals surface area (Å²) in [6, 6.07) is 12.1. The molecule has 1 unspecified atom stereocenters. The van der Waals surface area contributed by atoms with Gasteiger partial charge in [-0.05, 0) is 48.7 Å². The van der Waals surface area contributed by atoms with Crippen LogP contribution in [0.4, 0.5) is 0 Å². The smallest absolute Gasteiger partial charge is 0.335 e. The molecule has 150 valence electrons. The number of carbonyl (C=O) groups is 1. The molecule has 1 saturated heterocycles. The molecular formula is C21H24BrNO5. The fourth-order valence-corrected chi connectivity index (χ4v) is 3.64. The van der Waals surface area contributed by atoms with Gasteiger partial charge in [0.05, 0.1) is 17.8 Å². The molecule has 0 saturated carbocycles. The number of aliphatic hydroxyl groups excluding tert-OH is 2. The highest BCUT2D eigenvalue weighted by Gasteiger charge is 2.22. The molecule has 0 amide bonds. The predicted octanol–water partition coefficient (Wildman–Crippen LogP) is 3.22. The van der Waals surface area contributed by atoms with Gasteiger partial charge in [-0.1, -0.05) is 28.1 Å². The largest absolute Gasteiger partial charge is 0.489 e. The molecule has 7 heteroatoms. The first-order chi connectivity index (χ1) is 13.4. The number of nitrogens with zero attached hydrogens (tertiary/aromatic N) is 1. The number of carboxylic acid groups (broad SMARTS) is 1. The zero-order valence-electron chi connectivity index (χ0n) is 15.4. The van der Waals surface area contributed by atoms with Crippen molar-refractivity contribution in [2.45, 2.75) is 31.7 Å². The lowest BCUT2D eigenvalue weighted by atomic mass is 10.0. The zero-order valence-corrected chi connectivity index (χ0v) is 17.0. The molecule has 1 atom stereocenters. The Morgan fingerprint density at radius 1 is 1.18 bits per heavy atom. The van der Waals surface area contributed by atoms with Crippen LogP contribution in [-0.4, -0.2) is 51.9 Å². The average Bonchev–Trinajstić information content (AvgIpc) is 2.69. The van der Waals surface area contributed by atoms with Crippen LogP contribution in [0, 0.1) is 0 Å². The van der Waals surface area contributed by atoms with Gasteiger partial charge in [0.1, 0.15) is 12.4 Å². The first-order valence-electron chi connectivity index (χ1n) is 9.25. The lowest BCUT2D eigenvalue weighted by Crippen LogP contribution is -2.38. The number of carboxylic acids is 1. The van der Waals surface area contributed by atoms with E-state index in [0.29, 0.717) is 17.9 Å². The van der Waals surface area contributed by atoms with Crippen molar-refractivity contribution in [1.29, 1.82) is 0 Å². The Morgan fingerprint density at radius 3 is 2.50 bits per heavy atom. The lowest BCUT2D eigenvalue weighted by Gasteiger charge is -2.31. The highest BCUT2D eigenvalue weighted by molar-refractivity contribution is 9.10. The number of halogens is 1. The molecule has 0 aliphatic carbocycles. The molecule has 28 heavy (non-hydrogen) atoms. The molecule has 3 rings (SSSR count). The Hall–Kier alpha value is -1.93. The Kier molecular flexibility index (Phi) is 7.07. The van der Waals surface area contributed by atoms with E-state index >= 15 is 0 Å². The Balaban J connectivity index is 1.66. The first kappa shape index (κ1) is 20.8. The summed E-state index contributed by atoms with van der Waals surface area (Å²) >= 11 is 3.45. The molecular weight excluding hydrogens is 426 g/mol. The summed E-state index contributed by atoms with van der Waals surface area (Å²) in [6.45, 7) is 2.28. The minimum atomic E-state index is -0.962. The van der Waals surface area contributed by atoms with Crippen molar-refractivity contribution in [2.75, 3.05) is 19.6 Å². The van der Waals surface area contributed by atoms with Crippen LogP contribution in [0.3, 0.4) is 0 Å². The molecule has 1 aliphatic heterocycles. The van der Waals surface area contributed by atoms with E-state index in [1.165, 1.54) is 0 Å². The summed E-state index contributed by atoms with van der Waals surface area (Å²) in [7, 11) is 0. The average molecular weight is 450 g/mol. The highest BCUT2D eigenvalue weighted by atomic mass is 79.9. The molecule has 1 heterocycles. The number of piperidine rings is 1. The van der Waals surface area contributed by atoms with Crippen molar-refractivity contribution in [3.63, 3.8) is 0 Å². The molecule has 0 bridgehead atoms. The SMILES string of the molecule is O=C(O)c1ccc(COc2ccc(Br)cc2C(O)CN2CCC(O)CC2)cc1. The summed E-state index contributed by atoms with van der Waals surface area (Å²) in [6.07, 6.45) is 0.490. The van der Waals surface area contributed by atoms with Gasteiger partial charge >= 0.3 is 5.97 Å². The first-order valence-corrected chi connectivity index (χ1v) is 10.0. The van der Waals surface area contributed by atoms with Gasteiger partial charge in [-0.25, -0.2) is 4.79 Å². The number of likely N-dealkylation sites (tertiary alicyclic amines) is 1. The molecule has 2 aromatic carbocycles. The van der Waals surface area contributed by atoms with E-state index in [9.17, 15) is 15.0 Å². The molecule has 0 aromatic heterocycles. The number of aliphatic hydroxyl groups is 2. The number of hydrogen-bond acceptors (Lipinski definition) is 5. The van der Waals surface area contributed by atoms with Crippen molar-refractivity contribution in [1.82, 2.24) is 4.90 Å². The topological polar surface area (TPSA) is 90.2 Å². The predicted molar refractivity (Wildman–Crippen MR) is 109 cm³/mol. The summed E-state index contributed by atoms with van der Waals surface area (Å²) in [5.41, 5.74) is 1.77. The Labute approximate surface area is 172 Å². The number of benzene rings is 2. The maximum atomic E-state index is 10.9. The van der Waals surface area contributed by atoms with Gasteiger partial charge < -0.3 is 25.0 Å². The second-order valence-corrected chi connectivity index (χ2v) is 7.94. The van der Waals surface area contributed by atoms with Gasteiger partial charge in [0, 0.05) is 29.7 Å². The zero-order chi connectivity index (χ0) is 20.1. The van der Waals surface area contributed by atoms with E-state index in [0.717, 1.165) is 36.0 Å². The van der Waals surface area contributed by atoms with Crippen LogP contribution in [0.1, 0.15) is 40.4 Å². The minimum absolute atomic E-state index is 0.232. The quantitative estimate of drug-likeness (QED) is 0.601. The van der Waals surface area contributed by atoms with Crippen molar-refractivity contribution >= 4 is 21.9 Å². The Morgan fingerprint density at radius 2 is 1.86 bits per heavy atom. The summed E-state index contributed by atoms with van der Waals surface area (Å²) < 4.78 is 6.77. The van der Waals surface area contributed by atoms with Gasteiger partial charge in [0.15, 0.2) is 0 Å². The normalized spacial score (nSPS) is 16.7. The van der Waals surface area contributed by atoms with Crippen LogP contribution >= 0.6 is 15.9 Å². The number of aromatic carboxylic acids is 1. The molecule has 1 fully saturated rings. The van der Waals surface area contributed by atoms with Crippen LogP contribution in [0.15, 0.2) is 46.9 Å². The van der Waals surface area contributed by atoms with E-state index < -0.39 is 12.1 Å². The monoisotopic (exact) mass is 449 g/mol. The third-order valence-corrected chi connectivity index (χ3v) is 5.41. The third kappa shape index (κ3) is 5.54. The summed E-state index contributed by atoms with van der Waals surface area (Å²) in [4.78, 5) is 13.1. The fraction of sp³-hybridized carbons (Fsp3) is 0.381. The van der Waals surface area contributed by atoms with Crippen LogP contribution in [0.2, 0.25) is 0 Å². The second kappa shape index (κ2) is 9.52. The number of β-amino-alcohol motifs (C(OH)–C–C–N with tert-alkyl or cyclic N) is 1. The van der Waals surface area contributed by atoms with E-state index in [1.54, 1.807) is 24.3 Å². The Bertz CT molecular complexity index is 803. The van der Waals surface area contributed by atoms with Crippen molar-refractivity contribution in [3.8, 4) is 5.75 Å². The van der Waals surface area contributed by atoms with Crippen molar-refractivity contribution in [3.05, 3.63) is 63.6 Å². The molecule has 6 nitrogen and oxygen atoms in total. The van der Waals surface area contributed by atoms with Gasteiger partial charge in [-0.15, -0.1) is 0 Å². The highest BCUT2D eigenvalue weighted by Crippen LogP contribution is 2.30. The van der Waals surface area contributed by atoms with Crippen molar-refractivity contribution in [2.24, 2.45) is 0 Å². The molecule has 0 radical (unpaired) electrons. The van der Waals surface area contributed by atoms with E-state index in [2.05, 4.69) is 20.8 Å². The van der Waals surface area contributed by atoms with Crippen LogP contribution < -0.4 is 4.74 Å². The standard InChI is InChI=1S/C21H24BrNO5/c22-16-5-6-20(28-13-14-1-3-15(4-2-14)21(26)27)18(11-16)19(25)12-23-9-7-17(24)8-10-23/h1-6,11,17,19,24-25H,7-10,12-13H2,(H,26,27). The number of hydrogen-bond donors (Lipinski definition) is 3. The van der Waals surface area contributed by atoms with Gasteiger partial charge in [0.25, 0.3) is 0 Å². The molecule has 0 spiro atoms. The fourth-order valence-electron chi connectivity index (χ4n) is 3.26. The maximum Gasteiger partial charge on any atom is 0.335 e. The van der Waals surface area contributed by atoms with Crippen LogP contribution in [0.5, 0.6) is 5.75 Å². The maximum absolute atomic E-state index is 10.9.